The third-order valence-corrected chi connectivity index (χ3v) is 4.43. The lowest BCUT2D eigenvalue weighted by molar-refractivity contribution is -0.131. The number of hydrogen-bond acceptors (Lipinski definition) is 3. The lowest BCUT2D eigenvalue weighted by atomic mass is 9.92. The van der Waals surface area contributed by atoms with E-state index in [0.717, 1.165) is 16.5 Å². The minimum absolute atomic E-state index is 0.0992. The number of rotatable bonds is 4. The van der Waals surface area contributed by atoms with Crippen molar-refractivity contribution in [1.29, 1.82) is 0 Å². The van der Waals surface area contributed by atoms with E-state index in [-0.39, 0.29) is 11.6 Å². The van der Waals surface area contributed by atoms with E-state index in [1.807, 2.05) is 12.1 Å². The molecule has 1 fully saturated rings. The van der Waals surface area contributed by atoms with Gasteiger partial charge in [0.1, 0.15) is 11.4 Å². The average molecular weight is 348 g/mol. The van der Waals surface area contributed by atoms with Crippen LogP contribution < -0.4 is 5.32 Å². The molecule has 1 atom stereocenters. The molecular formula is C17H15ClFN3O2. The predicted octanol–water partition coefficient (Wildman–Crippen LogP) is 2.88. The monoisotopic (exact) mass is 347 g/mol. The van der Waals surface area contributed by atoms with E-state index in [1.54, 1.807) is 19.3 Å². The Labute approximate surface area is 143 Å². The van der Waals surface area contributed by atoms with Gasteiger partial charge in [-0.05, 0) is 43.2 Å². The zero-order valence-corrected chi connectivity index (χ0v) is 13.7. The fourth-order valence-corrected chi connectivity index (χ4v) is 3.12. The van der Waals surface area contributed by atoms with Gasteiger partial charge in [-0.2, -0.15) is 0 Å². The number of nitrogens with one attached hydrogen (secondary N) is 1. The maximum Gasteiger partial charge on any atom is 0.325 e. The van der Waals surface area contributed by atoms with Crippen LogP contribution in [0.2, 0.25) is 5.02 Å². The molecule has 7 heteroatoms. The van der Waals surface area contributed by atoms with Crippen molar-refractivity contribution in [2.24, 2.45) is 0 Å². The van der Waals surface area contributed by atoms with E-state index in [2.05, 4.69) is 10.3 Å². The van der Waals surface area contributed by atoms with Crippen LogP contribution in [0.4, 0.5) is 9.18 Å². The number of amides is 3. The quantitative estimate of drug-likeness (QED) is 0.865. The molecule has 1 aromatic heterocycles. The maximum absolute atomic E-state index is 13.2. The summed E-state index contributed by atoms with van der Waals surface area (Å²) < 4.78 is 13.2. The van der Waals surface area contributed by atoms with Gasteiger partial charge < -0.3 is 5.32 Å². The Kier molecular flexibility index (Phi) is 4.24. The highest BCUT2D eigenvalue weighted by molar-refractivity contribution is 6.32. The highest BCUT2D eigenvalue weighted by Crippen LogP contribution is 2.34. The van der Waals surface area contributed by atoms with Gasteiger partial charge in [-0.15, -0.1) is 0 Å². The fourth-order valence-electron chi connectivity index (χ4n) is 2.77. The van der Waals surface area contributed by atoms with Crippen LogP contribution in [0.3, 0.4) is 0 Å². The highest BCUT2D eigenvalue weighted by atomic mass is 35.5. The van der Waals surface area contributed by atoms with Gasteiger partial charge in [-0.1, -0.05) is 17.7 Å². The summed E-state index contributed by atoms with van der Waals surface area (Å²) in [6.07, 6.45) is 3.84. The van der Waals surface area contributed by atoms with Gasteiger partial charge in [-0.3, -0.25) is 14.7 Å². The highest BCUT2D eigenvalue weighted by Gasteiger charge is 2.49. The number of halogens is 2. The molecule has 1 saturated heterocycles. The Morgan fingerprint density at radius 3 is 2.62 bits per heavy atom. The van der Waals surface area contributed by atoms with Crippen LogP contribution in [0.15, 0.2) is 42.7 Å². The summed E-state index contributed by atoms with van der Waals surface area (Å²) in [7, 11) is 0. The number of carbonyl (C=O) groups excluding carboxylic acids is 2. The molecule has 1 aliphatic rings. The second-order valence-electron chi connectivity index (χ2n) is 5.74. The first-order valence-electron chi connectivity index (χ1n) is 7.40. The molecule has 1 aromatic carbocycles. The zero-order chi connectivity index (χ0) is 17.3. The van der Waals surface area contributed by atoms with Crippen LogP contribution in [-0.2, 0) is 16.8 Å². The maximum atomic E-state index is 13.2. The summed E-state index contributed by atoms with van der Waals surface area (Å²) >= 11 is 6.06. The summed E-state index contributed by atoms with van der Waals surface area (Å²) in [4.78, 5) is 30.1. The topological polar surface area (TPSA) is 62.3 Å². The molecule has 24 heavy (non-hydrogen) atoms. The Morgan fingerprint density at radius 2 is 1.96 bits per heavy atom. The summed E-state index contributed by atoms with van der Waals surface area (Å²) in [5, 5.41) is 2.76. The van der Waals surface area contributed by atoms with Crippen molar-refractivity contribution in [3.63, 3.8) is 0 Å². The van der Waals surface area contributed by atoms with Gasteiger partial charge in [-0.25, -0.2) is 9.18 Å². The molecule has 3 amide bonds. The molecule has 3 rings (SSSR count). The van der Waals surface area contributed by atoms with Crippen LogP contribution in [0, 0.1) is 5.82 Å². The molecule has 0 radical (unpaired) electrons. The van der Waals surface area contributed by atoms with E-state index < -0.39 is 23.3 Å². The van der Waals surface area contributed by atoms with Gasteiger partial charge in [0.15, 0.2) is 0 Å². The second kappa shape index (κ2) is 6.20. The lowest BCUT2D eigenvalue weighted by Crippen LogP contribution is -2.41. The predicted molar refractivity (Wildman–Crippen MR) is 86.9 cm³/mol. The zero-order valence-electron chi connectivity index (χ0n) is 12.9. The van der Waals surface area contributed by atoms with E-state index in [9.17, 15) is 14.0 Å². The first-order chi connectivity index (χ1) is 11.4. The minimum atomic E-state index is -1.31. The van der Waals surface area contributed by atoms with Crippen LogP contribution >= 0.6 is 11.6 Å². The molecular weight excluding hydrogens is 333 g/mol. The number of urea groups is 1. The van der Waals surface area contributed by atoms with Crippen molar-refractivity contribution in [3.8, 4) is 0 Å². The Morgan fingerprint density at radius 1 is 1.25 bits per heavy atom. The third kappa shape index (κ3) is 2.85. The molecule has 2 heterocycles. The van der Waals surface area contributed by atoms with Crippen molar-refractivity contribution in [3.05, 3.63) is 64.7 Å². The molecule has 124 valence electrons. The van der Waals surface area contributed by atoms with E-state index in [4.69, 9.17) is 11.6 Å². The largest absolute Gasteiger partial charge is 0.325 e. The SMILES string of the molecule is C[C@@]1(c2ccc(F)cc2Cl)NC(=O)N(CCc2ccncc2)C1=O. The number of imide groups is 1. The molecule has 5 nitrogen and oxygen atoms in total. The number of benzene rings is 1. The van der Waals surface area contributed by atoms with Gasteiger partial charge in [0.2, 0.25) is 0 Å². The Hall–Kier alpha value is -2.47. The van der Waals surface area contributed by atoms with Gasteiger partial charge >= 0.3 is 6.03 Å². The lowest BCUT2D eigenvalue weighted by Gasteiger charge is -2.23. The van der Waals surface area contributed by atoms with Crippen LogP contribution in [0.1, 0.15) is 18.1 Å². The normalized spacial score (nSPS) is 20.4. The summed E-state index contributed by atoms with van der Waals surface area (Å²) in [6.45, 7) is 1.81. The number of aromatic nitrogens is 1. The molecule has 0 spiro atoms. The van der Waals surface area contributed by atoms with Gasteiger partial charge in [0.05, 0.1) is 0 Å². The summed E-state index contributed by atoms with van der Waals surface area (Å²) in [5.41, 5.74) is 0.0365. The number of hydrogen-bond donors (Lipinski definition) is 1. The Bertz CT molecular complexity index is 800. The van der Waals surface area contributed by atoms with E-state index in [1.165, 1.54) is 12.1 Å². The van der Waals surface area contributed by atoms with Crippen LogP contribution in [-0.4, -0.2) is 28.4 Å². The standard InChI is InChI=1S/C17H15ClFN3O2/c1-17(13-3-2-12(19)10-14(13)18)15(23)22(16(24)21-17)9-6-11-4-7-20-8-5-11/h2-5,7-8,10H,6,9H2,1H3,(H,21,24)/t17-/m0/s1. The van der Waals surface area contributed by atoms with Crippen molar-refractivity contribution < 1.29 is 14.0 Å². The minimum Gasteiger partial charge on any atom is -0.319 e. The van der Waals surface area contributed by atoms with E-state index in [0.29, 0.717) is 12.0 Å². The van der Waals surface area contributed by atoms with Gasteiger partial charge in [0, 0.05) is 29.5 Å². The molecule has 2 aromatic rings. The first kappa shape index (κ1) is 16.4. The molecule has 0 unspecified atom stereocenters. The molecule has 0 aliphatic carbocycles. The van der Waals surface area contributed by atoms with Crippen molar-refractivity contribution in [2.45, 2.75) is 18.9 Å². The fraction of sp³-hybridized carbons (Fsp3) is 0.235. The van der Waals surface area contributed by atoms with Crippen LogP contribution in [0.25, 0.3) is 0 Å². The number of pyridine rings is 1. The molecule has 1 aliphatic heterocycles. The summed E-state index contributed by atoms with van der Waals surface area (Å²) in [5.74, 6) is -0.909. The van der Waals surface area contributed by atoms with Crippen LogP contribution in [0.5, 0.6) is 0 Å². The third-order valence-electron chi connectivity index (χ3n) is 4.12. The number of nitrogens with zero attached hydrogens (tertiary/aromatic N) is 2. The number of carbonyl (C=O) groups is 2. The van der Waals surface area contributed by atoms with E-state index >= 15 is 0 Å². The van der Waals surface area contributed by atoms with Crippen molar-refractivity contribution >= 4 is 23.5 Å². The first-order valence-corrected chi connectivity index (χ1v) is 7.78. The summed E-state index contributed by atoms with van der Waals surface area (Å²) in [6, 6.07) is 6.93. The van der Waals surface area contributed by atoms with Crippen molar-refractivity contribution in [2.75, 3.05) is 6.54 Å². The average Bonchev–Trinajstić information content (AvgIpc) is 2.76. The second-order valence-corrected chi connectivity index (χ2v) is 6.15. The van der Waals surface area contributed by atoms with Crippen molar-refractivity contribution in [1.82, 2.24) is 15.2 Å². The Balaban J connectivity index is 1.82. The smallest absolute Gasteiger partial charge is 0.319 e. The molecule has 0 saturated carbocycles. The molecule has 0 bridgehead atoms. The van der Waals surface area contributed by atoms with Gasteiger partial charge in [0.25, 0.3) is 5.91 Å². The molecule has 1 N–H and O–H groups in total.